The summed E-state index contributed by atoms with van der Waals surface area (Å²) in [5, 5.41) is 9.28. The van der Waals surface area contributed by atoms with Gasteiger partial charge in [-0.3, -0.25) is 9.97 Å². The standard InChI is InChI=1S/C68H50N6/c1-43-19-5-13-27-55(43)71(56-28-14-6-20-44(56)2)47-33-37-49(38-34-47)73-59-31-17-41-69-65(59)63-53-25-11-10-24-52(53)62-61(67(63)73)51-23-9-12-26-54(51)64-66-60(32-18-42-70-66)74(68(62)64)50-39-35-48(36-40-50)72(57-29-15-7-21-45(57)3)58-30-16-8-22-46(58)4/h5-42H,1-4H3. The Morgan fingerprint density at radius 3 is 0.919 bits per heavy atom. The molecule has 352 valence electrons. The summed E-state index contributed by atoms with van der Waals surface area (Å²) in [4.78, 5) is 15.2. The summed E-state index contributed by atoms with van der Waals surface area (Å²) in [5.74, 6) is 0. The van der Waals surface area contributed by atoms with Gasteiger partial charge in [0.15, 0.2) is 0 Å². The van der Waals surface area contributed by atoms with Crippen molar-refractivity contribution in [1.82, 2.24) is 19.1 Å². The molecule has 0 fully saturated rings. The lowest BCUT2D eigenvalue weighted by molar-refractivity contribution is 1.17. The van der Waals surface area contributed by atoms with Gasteiger partial charge in [-0.15, -0.1) is 0 Å². The highest BCUT2D eigenvalue weighted by atomic mass is 15.2. The SMILES string of the molecule is Cc1ccccc1N(c1ccc(-n2c3cccnc3c3c4ccccc4c4c(c5ccccc5c5c6ncccc6n(-c6ccc(N(c7ccccc7C)c7ccccc7C)cc6)c54)c32)cc1)c1ccccc1C. The lowest BCUT2D eigenvalue weighted by Crippen LogP contribution is -2.12. The highest BCUT2D eigenvalue weighted by Crippen LogP contribution is 2.50. The summed E-state index contributed by atoms with van der Waals surface area (Å²) < 4.78 is 4.93. The largest absolute Gasteiger partial charge is 0.310 e. The van der Waals surface area contributed by atoms with Crippen molar-refractivity contribution in [3.8, 4) is 11.4 Å². The number of fused-ring (bicyclic) bond motifs is 15. The highest BCUT2D eigenvalue weighted by molar-refractivity contribution is 6.43. The molecule has 6 nitrogen and oxygen atoms in total. The first-order valence-electron chi connectivity index (χ1n) is 25.4. The van der Waals surface area contributed by atoms with E-state index in [1.54, 1.807) is 0 Å². The Balaban J connectivity index is 1.07. The number of rotatable bonds is 8. The highest BCUT2D eigenvalue weighted by Gasteiger charge is 2.28. The number of nitrogens with zero attached hydrogens (tertiary/aromatic N) is 6. The van der Waals surface area contributed by atoms with Gasteiger partial charge >= 0.3 is 0 Å². The number of anilines is 6. The van der Waals surface area contributed by atoms with E-state index >= 15 is 0 Å². The Morgan fingerprint density at radius 2 is 0.595 bits per heavy atom. The van der Waals surface area contributed by atoms with Crippen LogP contribution >= 0.6 is 0 Å². The third-order valence-corrected chi connectivity index (χ3v) is 15.3. The molecule has 0 aliphatic heterocycles. The minimum absolute atomic E-state index is 0.972. The van der Waals surface area contributed by atoms with E-state index in [0.29, 0.717) is 0 Å². The van der Waals surface area contributed by atoms with E-state index in [9.17, 15) is 0 Å². The van der Waals surface area contributed by atoms with E-state index in [1.165, 1.54) is 43.8 Å². The van der Waals surface area contributed by atoms with Crippen LogP contribution < -0.4 is 9.80 Å². The normalized spacial score (nSPS) is 11.8. The van der Waals surface area contributed by atoms with Crippen LogP contribution in [-0.4, -0.2) is 19.1 Å². The number of hydrogen-bond donors (Lipinski definition) is 0. The minimum Gasteiger partial charge on any atom is -0.310 e. The molecule has 0 aliphatic rings. The zero-order valence-corrected chi connectivity index (χ0v) is 41.6. The molecular formula is C68H50N6. The lowest BCUT2D eigenvalue weighted by Gasteiger charge is -2.28. The maximum absolute atomic E-state index is 5.23. The molecule has 4 aromatic heterocycles. The van der Waals surface area contributed by atoms with Crippen LogP contribution in [0.4, 0.5) is 34.1 Å². The molecule has 6 heteroatoms. The number of pyridine rings is 2. The smallest absolute Gasteiger partial charge is 0.0969 e. The fraction of sp³-hybridized carbons (Fsp3) is 0.0588. The van der Waals surface area contributed by atoms with Crippen LogP contribution in [0.15, 0.2) is 231 Å². The van der Waals surface area contributed by atoms with Gasteiger partial charge in [0.25, 0.3) is 0 Å². The molecule has 4 heterocycles. The molecule has 0 saturated heterocycles. The summed E-state index contributed by atoms with van der Waals surface area (Å²) in [5.41, 5.74) is 20.0. The quantitative estimate of drug-likeness (QED) is 0.142. The van der Waals surface area contributed by atoms with Gasteiger partial charge in [-0.25, -0.2) is 0 Å². The second kappa shape index (κ2) is 17.1. The topological polar surface area (TPSA) is 42.1 Å². The second-order valence-corrected chi connectivity index (χ2v) is 19.6. The molecule has 0 aliphatic carbocycles. The van der Waals surface area contributed by atoms with Crippen LogP contribution in [0.3, 0.4) is 0 Å². The first-order valence-corrected chi connectivity index (χ1v) is 25.4. The van der Waals surface area contributed by atoms with E-state index < -0.39 is 0 Å². The zero-order valence-electron chi connectivity index (χ0n) is 41.6. The number of benzene rings is 10. The van der Waals surface area contributed by atoms with Crippen molar-refractivity contribution in [1.29, 1.82) is 0 Å². The van der Waals surface area contributed by atoms with Crippen molar-refractivity contribution in [2.45, 2.75) is 27.7 Å². The van der Waals surface area contributed by atoms with Crippen molar-refractivity contribution in [3.63, 3.8) is 0 Å². The molecule has 14 aromatic rings. The predicted octanol–water partition coefficient (Wildman–Crippen LogP) is 18.3. The Bertz CT molecular complexity index is 4160. The van der Waals surface area contributed by atoms with Gasteiger partial charge < -0.3 is 18.9 Å². The van der Waals surface area contributed by atoms with Crippen molar-refractivity contribution in [2.75, 3.05) is 9.80 Å². The van der Waals surface area contributed by atoms with Gasteiger partial charge in [-0.1, -0.05) is 121 Å². The molecule has 74 heavy (non-hydrogen) atoms. The Kier molecular flexibility index (Phi) is 9.99. The van der Waals surface area contributed by atoms with Crippen LogP contribution in [0.1, 0.15) is 22.3 Å². The number of aromatic nitrogens is 4. The molecule has 0 saturated carbocycles. The average molecular weight is 951 g/mol. The second-order valence-electron chi connectivity index (χ2n) is 19.6. The third-order valence-electron chi connectivity index (χ3n) is 15.3. The van der Waals surface area contributed by atoms with E-state index in [-0.39, 0.29) is 0 Å². The van der Waals surface area contributed by atoms with Gasteiger partial charge in [0.2, 0.25) is 0 Å². The van der Waals surface area contributed by atoms with Gasteiger partial charge in [0, 0.05) is 79.4 Å². The van der Waals surface area contributed by atoms with Crippen LogP contribution in [0.5, 0.6) is 0 Å². The molecule has 0 amide bonds. The van der Waals surface area contributed by atoms with E-state index in [4.69, 9.17) is 9.97 Å². The molecule has 0 unspecified atom stereocenters. The third kappa shape index (κ3) is 6.51. The first-order chi connectivity index (χ1) is 36.4. The van der Waals surface area contributed by atoms with Crippen LogP contribution in [0, 0.1) is 27.7 Å². The van der Waals surface area contributed by atoms with Crippen LogP contribution in [0.2, 0.25) is 0 Å². The van der Waals surface area contributed by atoms with Crippen molar-refractivity contribution in [3.05, 3.63) is 253 Å². The van der Waals surface area contributed by atoms with Gasteiger partial charge in [0.1, 0.15) is 0 Å². The van der Waals surface area contributed by atoms with Gasteiger partial charge in [0.05, 0.1) is 33.1 Å². The van der Waals surface area contributed by atoms with E-state index in [0.717, 1.165) is 100 Å². The molecular weight excluding hydrogens is 901 g/mol. The molecule has 10 aromatic carbocycles. The molecule has 0 bridgehead atoms. The lowest BCUT2D eigenvalue weighted by atomic mass is 9.91. The van der Waals surface area contributed by atoms with E-state index in [1.807, 2.05) is 12.4 Å². The van der Waals surface area contributed by atoms with Crippen LogP contribution in [-0.2, 0) is 0 Å². The fourth-order valence-corrected chi connectivity index (χ4v) is 11.9. The molecule has 0 spiro atoms. The number of para-hydroxylation sites is 4. The molecule has 14 rings (SSSR count). The van der Waals surface area contributed by atoms with E-state index in [2.05, 4.69) is 265 Å². The van der Waals surface area contributed by atoms with Gasteiger partial charge in [-0.2, -0.15) is 0 Å². The summed E-state index contributed by atoms with van der Waals surface area (Å²) >= 11 is 0. The maximum atomic E-state index is 5.23. The van der Waals surface area contributed by atoms with Crippen molar-refractivity contribution in [2.24, 2.45) is 0 Å². The monoisotopic (exact) mass is 950 g/mol. The molecule has 0 N–H and O–H groups in total. The average Bonchev–Trinajstić information content (AvgIpc) is 3.99. The summed E-state index contributed by atoms with van der Waals surface area (Å²) in [7, 11) is 0. The van der Waals surface area contributed by atoms with Gasteiger partial charge in [-0.05, 0) is 169 Å². The zero-order chi connectivity index (χ0) is 49.6. The Labute approximate surface area is 429 Å². The molecule has 0 radical (unpaired) electrons. The minimum atomic E-state index is 0.972. The van der Waals surface area contributed by atoms with Crippen molar-refractivity contribution >= 4 is 110 Å². The predicted molar refractivity (Wildman–Crippen MR) is 312 cm³/mol. The number of aryl methyl sites for hydroxylation is 4. The summed E-state index contributed by atoms with van der Waals surface area (Å²) in [6.07, 6.45) is 3.87. The Hall–Kier alpha value is -9.52. The summed E-state index contributed by atoms with van der Waals surface area (Å²) in [6.45, 7) is 8.76. The molecule has 0 atom stereocenters. The van der Waals surface area contributed by atoms with Crippen molar-refractivity contribution < 1.29 is 0 Å². The first kappa shape index (κ1) is 43.3. The number of hydrogen-bond acceptors (Lipinski definition) is 4. The maximum Gasteiger partial charge on any atom is 0.0969 e. The Morgan fingerprint density at radius 1 is 0.297 bits per heavy atom. The summed E-state index contributed by atoms with van der Waals surface area (Å²) in [6, 6.07) is 79.3. The van der Waals surface area contributed by atoms with Crippen LogP contribution in [0.25, 0.3) is 87.6 Å². The fourth-order valence-electron chi connectivity index (χ4n) is 11.9.